The standard InChI is InChI=1S/C17H26N2O/c1-20-13-10-14-6-2-3-7-15(14)18-16-9-12-19-11-5-4-8-17(16)19/h2-3,6-7,16-18H,4-5,8-13H2,1H3. The highest BCUT2D eigenvalue weighted by Gasteiger charge is 2.35. The molecule has 0 aliphatic carbocycles. The third-order valence-corrected chi connectivity index (χ3v) is 4.79. The number of anilines is 1. The van der Waals surface area contributed by atoms with E-state index in [0.717, 1.165) is 19.1 Å². The summed E-state index contributed by atoms with van der Waals surface area (Å²) in [6, 6.07) is 10.1. The van der Waals surface area contributed by atoms with Crippen LogP contribution in [0.2, 0.25) is 0 Å². The quantitative estimate of drug-likeness (QED) is 0.893. The highest BCUT2D eigenvalue weighted by molar-refractivity contribution is 5.52. The lowest BCUT2D eigenvalue weighted by molar-refractivity contribution is 0.192. The fourth-order valence-corrected chi connectivity index (χ4v) is 3.71. The number of benzene rings is 1. The summed E-state index contributed by atoms with van der Waals surface area (Å²) in [6.45, 7) is 3.36. The summed E-state index contributed by atoms with van der Waals surface area (Å²) >= 11 is 0. The zero-order valence-corrected chi connectivity index (χ0v) is 12.5. The smallest absolute Gasteiger partial charge is 0.0503 e. The highest BCUT2D eigenvalue weighted by Crippen LogP contribution is 2.30. The molecule has 110 valence electrons. The maximum Gasteiger partial charge on any atom is 0.0503 e. The molecule has 0 radical (unpaired) electrons. The SMILES string of the molecule is COCCc1ccccc1NC1CCN2CCCCC12. The van der Waals surface area contributed by atoms with Gasteiger partial charge in [0.1, 0.15) is 0 Å². The van der Waals surface area contributed by atoms with Crippen molar-refractivity contribution in [2.75, 3.05) is 32.1 Å². The van der Waals surface area contributed by atoms with Crippen LogP contribution >= 0.6 is 0 Å². The minimum Gasteiger partial charge on any atom is -0.384 e. The summed E-state index contributed by atoms with van der Waals surface area (Å²) in [5.74, 6) is 0. The van der Waals surface area contributed by atoms with Gasteiger partial charge in [-0.3, -0.25) is 4.90 Å². The lowest BCUT2D eigenvalue weighted by atomic mass is 9.98. The van der Waals surface area contributed by atoms with Crippen LogP contribution in [-0.4, -0.2) is 43.8 Å². The van der Waals surface area contributed by atoms with E-state index in [-0.39, 0.29) is 0 Å². The molecule has 1 aromatic carbocycles. The van der Waals surface area contributed by atoms with Gasteiger partial charge < -0.3 is 10.1 Å². The van der Waals surface area contributed by atoms with Gasteiger partial charge in [-0.05, 0) is 43.9 Å². The fourth-order valence-electron chi connectivity index (χ4n) is 3.71. The second kappa shape index (κ2) is 6.59. The van der Waals surface area contributed by atoms with Gasteiger partial charge >= 0.3 is 0 Å². The lowest BCUT2D eigenvalue weighted by Crippen LogP contribution is -2.41. The van der Waals surface area contributed by atoms with Crippen molar-refractivity contribution in [1.82, 2.24) is 4.90 Å². The van der Waals surface area contributed by atoms with Crippen LogP contribution in [0.3, 0.4) is 0 Å². The summed E-state index contributed by atoms with van der Waals surface area (Å²) < 4.78 is 5.22. The van der Waals surface area contributed by atoms with Crippen molar-refractivity contribution in [1.29, 1.82) is 0 Å². The number of hydrogen-bond acceptors (Lipinski definition) is 3. The van der Waals surface area contributed by atoms with Gasteiger partial charge in [-0.1, -0.05) is 24.6 Å². The summed E-state index contributed by atoms with van der Waals surface area (Å²) in [5.41, 5.74) is 2.69. The van der Waals surface area contributed by atoms with Gasteiger partial charge in [-0.15, -0.1) is 0 Å². The molecule has 0 saturated carbocycles. The number of fused-ring (bicyclic) bond motifs is 1. The Labute approximate surface area is 122 Å². The molecule has 2 unspecified atom stereocenters. The average molecular weight is 274 g/mol. The number of ether oxygens (including phenoxy) is 1. The molecule has 3 rings (SSSR count). The number of rotatable bonds is 5. The van der Waals surface area contributed by atoms with Crippen LogP contribution in [0.15, 0.2) is 24.3 Å². The van der Waals surface area contributed by atoms with Crippen LogP contribution in [0.5, 0.6) is 0 Å². The van der Waals surface area contributed by atoms with Crippen molar-refractivity contribution in [3.63, 3.8) is 0 Å². The number of methoxy groups -OCH3 is 1. The fraction of sp³-hybridized carbons (Fsp3) is 0.647. The number of piperidine rings is 1. The molecular formula is C17H26N2O. The minimum atomic E-state index is 0.624. The Kier molecular flexibility index (Phi) is 4.58. The predicted molar refractivity (Wildman–Crippen MR) is 83.3 cm³/mol. The van der Waals surface area contributed by atoms with E-state index < -0.39 is 0 Å². The number of nitrogens with one attached hydrogen (secondary N) is 1. The Morgan fingerprint density at radius 1 is 1.20 bits per heavy atom. The first-order chi connectivity index (χ1) is 9.88. The zero-order chi connectivity index (χ0) is 13.8. The molecule has 1 aromatic rings. The topological polar surface area (TPSA) is 24.5 Å². The predicted octanol–water partition coefficient (Wildman–Crippen LogP) is 2.91. The molecule has 2 atom stereocenters. The third-order valence-electron chi connectivity index (χ3n) is 4.79. The molecule has 2 fully saturated rings. The lowest BCUT2D eigenvalue weighted by Gasteiger charge is -2.33. The molecule has 0 spiro atoms. The molecule has 2 aliphatic heterocycles. The van der Waals surface area contributed by atoms with Crippen LogP contribution in [0.25, 0.3) is 0 Å². The van der Waals surface area contributed by atoms with Crippen molar-refractivity contribution >= 4 is 5.69 Å². The van der Waals surface area contributed by atoms with Gasteiger partial charge in [-0.2, -0.15) is 0 Å². The summed E-state index contributed by atoms with van der Waals surface area (Å²) in [5, 5.41) is 3.82. The Bertz CT molecular complexity index is 435. The van der Waals surface area contributed by atoms with Crippen LogP contribution in [0, 0.1) is 0 Å². The van der Waals surface area contributed by atoms with Crippen molar-refractivity contribution in [3.8, 4) is 0 Å². The molecular weight excluding hydrogens is 248 g/mol. The van der Waals surface area contributed by atoms with Gasteiger partial charge in [0.2, 0.25) is 0 Å². The van der Waals surface area contributed by atoms with E-state index in [1.807, 2.05) is 0 Å². The monoisotopic (exact) mass is 274 g/mol. The molecule has 2 heterocycles. The minimum absolute atomic E-state index is 0.624. The van der Waals surface area contributed by atoms with Gasteiger partial charge in [0.15, 0.2) is 0 Å². The van der Waals surface area contributed by atoms with E-state index in [0.29, 0.717) is 6.04 Å². The van der Waals surface area contributed by atoms with Crippen LogP contribution in [0.4, 0.5) is 5.69 Å². The molecule has 0 aromatic heterocycles. The highest BCUT2D eigenvalue weighted by atomic mass is 16.5. The van der Waals surface area contributed by atoms with Crippen molar-refractivity contribution in [3.05, 3.63) is 29.8 Å². The zero-order valence-electron chi connectivity index (χ0n) is 12.5. The van der Waals surface area contributed by atoms with Crippen molar-refractivity contribution in [2.45, 2.75) is 44.2 Å². The van der Waals surface area contributed by atoms with E-state index in [9.17, 15) is 0 Å². The first-order valence-electron chi connectivity index (χ1n) is 7.96. The molecule has 3 nitrogen and oxygen atoms in total. The number of para-hydroxylation sites is 1. The van der Waals surface area contributed by atoms with E-state index >= 15 is 0 Å². The van der Waals surface area contributed by atoms with Crippen molar-refractivity contribution < 1.29 is 4.74 Å². The van der Waals surface area contributed by atoms with Crippen LogP contribution in [0.1, 0.15) is 31.2 Å². The Morgan fingerprint density at radius 2 is 2.10 bits per heavy atom. The Hall–Kier alpha value is -1.06. The molecule has 1 N–H and O–H groups in total. The van der Waals surface area contributed by atoms with E-state index in [2.05, 4.69) is 34.5 Å². The first-order valence-corrected chi connectivity index (χ1v) is 7.96. The molecule has 2 saturated heterocycles. The van der Waals surface area contributed by atoms with Gasteiger partial charge in [0, 0.05) is 31.4 Å². The van der Waals surface area contributed by atoms with Crippen LogP contribution < -0.4 is 5.32 Å². The molecule has 3 heteroatoms. The first kappa shape index (κ1) is 13.9. The molecule has 0 amide bonds. The van der Waals surface area contributed by atoms with Gasteiger partial charge in [0.25, 0.3) is 0 Å². The summed E-state index contributed by atoms with van der Waals surface area (Å²) in [7, 11) is 1.77. The van der Waals surface area contributed by atoms with E-state index in [1.165, 1.54) is 50.0 Å². The largest absolute Gasteiger partial charge is 0.384 e. The van der Waals surface area contributed by atoms with E-state index in [1.54, 1.807) is 7.11 Å². The molecule has 0 bridgehead atoms. The van der Waals surface area contributed by atoms with Gasteiger partial charge in [-0.25, -0.2) is 0 Å². The van der Waals surface area contributed by atoms with E-state index in [4.69, 9.17) is 4.74 Å². The molecule has 20 heavy (non-hydrogen) atoms. The summed E-state index contributed by atoms with van der Waals surface area (Å²) in [6.07, 6.45) is 6.40. The van der Waals surface area contributed by atoms with Crippen molar-refractivity contribution in [2.24, 2.45) is 0 Å². The maximum atomic E-state index is 5.22. The Balaban J connectivity index is 1.68. The average Bonchev–Trinajstić information content (AvgIpc) is 2.90. The Morgan fingerprint density at radius 3 is 3.00 bits per heavy atom. The normalized spacial score (nSPS) is 26.4. The second-order valence-corrected chi connectivity index (χ2v) is 6.04. The number of nitrogens with zero attached hydrogens (tertiary/aromatic N) is 1. The third kappa shape index (κ3) is 2.99. The summed E-state index contributed by atoms with van der Waals surface area (Å²) in [4.78, 5) is 2.68. The maximum absolute atomic E-state index is 5.22. The number of hydrogen-bond donors (Lipinski definition) is 1. The second-order valence-electron chi connectivity index (χ2n) is 6.04. The van der Waals surface area contributed by atoms with Crippen LogP contribution in [-0.2, 0) is 11.2 Å². The van der Waals surface area contributed by atoms with Gasteiger partial charge in [0.05, 0.1) is 6.61 Å². The molecule has 2 aliphatic rings.